The normalized spacial score (nSPS) is 11.6. The quantitative estimate of drug-likeness (QED) is 0.334. The van der Waals surface area contributed by atoms with E-state index in [1.165, 1.54) is 0 Å². The lowest BCUT2D eigenvalue weighted by atomic mass is 10.1. The van der Waals surface area contributed by atoms with Gasteiger partial charge in [0.1, 0.15) is 5.84 Å². The summed E-state index contributed by atoms with van der Waals surface area (Å²) in [6, 6.07) is 7.65. The summed E-state index contributed by atoms with van der Waals surface area (Å²) in [5, 5.41) is 4.14. The summed E-state index contributed by atoms with van der Waals surface area (Å²) in [5.41, 5.74) is 6.52. The van der Waals surface area contributed by atoms with Crippen LogP contribution in [0.25, 0.3) is 0 Å². The minimum absolute atomic E-state index is 0.444. The smallest absolute Gasteiger partial charge is 0.119 e. The summed E-state index contributed by atoms with van der Waals surface area (Å²) in [6.07, 6.45) is 1.41. The summed E-state index contributed by atoms with van der Waals surface area (Å²) < 4.78 is 0. The van der Waals surface area contributed by atoms with Crippen LogP contribution in [0.3, 0.4) is 0 Å². The molecule has 1 rings (SSSR count). The number of rotatable bonds is 3. The predicted molar refractivity (Wildman–Crippen MR) is 55.6 cm³/mol. The lowest BCUT2D eigenvalue weighted by molar-refractivity contribution is 1.01. The molecule has 13 heavy (non-hydrogen) atoms. The van der Waals surface area contributed by atoms with Crippen LogP contribution in [0.15, 0.2) is 29.4 Å². The fraction of sp³-hybridized carbons (Fsp3) is 0.222. The van der Waals surface area contributed by atoms with E-state index in [0.29, 0.717) is 12.3 Å². The summed E-state index contributed by atoms with van der Waals surface area (Å²) in [5.74, 6) is 5.45. The number of amidine groups is 1. The minimum Gasteiger partial charge on any atom is -0.386 e. The second kappa shape index (κ2) is 4.72. The van der Waals surface area contributed by atoms with Crippen molar-refractivity contribution in [2.45, 2.75) is 12.8 Å². The molecular formula is C9H12ClN3. The standard InChI is InChI=1S/C9H12ClN3/c10-8-4-2-1-3-7(8)5-6-9(11)13-12/h1-4H,5-6,12H2,(H2,11,13). The molecule has 0 unspecified atom stereocenters. The molecule has 0 aliphatic carbocycles. The summed E-state index contributed by atoms with van der Waals surface area (Å²) in [6.45, 7) is 0. The fourth-order valence-corrected chi connectivity index (χ4v) is 1.26. The Labute approximate surface area is 82.4 Å². The van der Waals surface area contributed by atoms with Crippen molar-refractivity contribution in [1.82, 2.24) is 0 Å². The molecular weight excluding hydrogens is 186 g/mol. The molecule has 0 aliphatic heterocycles. The van der Waals surface area contributed by atoms with Crippen LogP contribution in [0.5, 0.6) is 0 Å². The van der Waals surface area contributed by atoms with E-state index in [-0.39, 0.29) is 0 Å². The Hall–Kier alpha value is -1.22. The monoisotopic (exact) mass is 197 g/mol. The molecule has 0 atom stereocenters. The topological polar surface area (TPSA) is 64.4 Å². The van der Waals surface area contributed by atoms with E-state index in [1.54, 1.807) is 0 Å². The molecule has 0 heterocycles. The van der Waals surface area contributed by atoms with Crippen molar-refractivity contribution in [2.24, 2.45) is 16.7 Å². The van der Waals surface area contributed by atoms with Crippen molar-refractivity contribution in [2.75, 3.05) is 0 Å². The van der Waals surface area contributed by atoms with Crippen LogP contribution in [0.4, 0.5) is 0 Å². The first-order valence-corrected chi connectivity index (χ1v) is 4.37. The van der Waals surface area contributed by atoms with E-state index >= 15 is 0 Å². The number of benzene rings is 1. The van der Waals surface area contributed by atoms with Gasteiger partial charge in [0.15, 0.2) is 0 Å². The van der Waals surface area contributed by atoms with Crippen LogP contribution in [0.1, 0.15) is 12.0 Å². The first-order valence-electron chi connectivity index (χ1n) is 3.99. The number of aryl methyl sites for hydroxylation is 1. The Morgan fingerprint density at radius 1 is 1.38 bits per heavy atom. The van der Waals surface area contributed by atoms with Crippen molar-refractivity contribution < 1.29 is 0 Å². The van der Waals surface area contributed by atoms with Crippen molar-refractivity contribution in [3.05, 3.63) is 34.9 Å². The Morgan fingerprint density at radius 2 is 2.08 bits per heavy atom. The largest absolute Gasteiger partial charge is 0.386 e. The Morgan fingerprint density at radius 3 is 2.69 bits per heavy atom. The number of hydrogen-bond acceptors (Lipinski definition) is 2. The lowest BCUT2D eigenvalue weighted by Gasteiger charge is -2.02. The molecule has 0 aromatic heterocycles. The zero-order valence-electron chi connectivity index (χ0n) is 7.20. The van der Waals surface area contributed by atoms with Crippen LogP contribution >= 0.6 is 11.6 Å². The highest BCUT2D eigenvalue weighted by Gasteiger charge is 1.99. The zero-order valence-corrected chi connectivity index (χ0v) is 7.96. The van der Waals surface area contributed by atoms with Gasteiger partial charge in [0, 0.05) is 11.4 Å². The number of nitrogens with two attached hydrogens (primary N) is 2. The molecule has 0 saturated heterocycles. The van der Waals surface area contributed by atoms with Gasteiger partial charge in [0.2, 0.25) is 0 Å². The van der Waals surface area contributed by atoms with Crippen molar-refractivity contribution >= 4 is 17.4 Å². The number of nitrogens with zero attached hydrogens (tertiary/aromatic N) is 1. The Balaban J connectivity index is 2.60. The van der Waals surface area contributed by atoms with Gasteiger partial charge in [-0.3, -0.25) is 0 Å². The van der Waals surface area contributed by atoms with Gasteiger partial charge in [-0.15, -0.1) is 0 Å². The fourth-order valence-electron chi connectivity index (χ4n) is 1.03. The number of hydrogen-bond donors (Lipinski definition) is 2. The first kappa shape index (κ1) is 9.86. The van der Waals surface area contributed by atoms with E-state index in [9.17, 15) is 0 Å². The minimum atomic E-state index is 0.444. The van der Waals surface area contributed by atoms with E-state index in [2.05, 4.69) is 5.10 Å². The summed E-state index contributed by atoms with van der Waals surface area (Å²) >= 11 is 5.94. The van der Waals surface area contributed by atoms with Gasteiger partial charge in [-0.2, -0.15) is 5.10 Å². The molecule has 3 nitrogen and oxygen atoms in total. The van der Waals surface area contributed by atoms with Crippen LogP contribution in [0, 0.1) is 0 Å². The van der Waals surface area contributed by atoms with Crippen LogP contribution in [-0.4, -0.2) is 5.84 Å². The van der Waals surface area contributed by atoms with E-state index in [0.717, 1.165) is 17.0 Å². The van der Waals surface area contributed by atoms with Crippen LogP contribution < -0.4 is 11.6 Å². The average molecular weight is 198 g/mol. The molecule has 0 amide bonds. The highest BCUT2D eigenvalue weighted by atomic mass is 35.5. The predicted octanol–water partition coefficient (Wildman–Crippen LogP) is 1.50. The van der Waals surface area contributed by atoms with Crippen molar-refractivity contribution in [3.8, 4) is 0 Å². The molecule has 0 spiro atoms. The van der Waals surface area contributed by atoms with Gasteiger partial charge in [-0.1, -0.05) is 29.8 Å². The second-order valence-electron chi connectivity index (χ2n) is 2.71. The molecule has 70 valence electrons. The van der Waals surface area contributed by atoms with Crippen LogP contribution in [-0.2, 0) is 6.42 Å². The van der Waals surface area contributed by atoms with Crippen molar-refractivity contribution in [3.63, 3.8) is 0 Å². The maximum atomic E-state index is 5.94. The van der Waals surface area contributed by atoms with Gasteiger partial charge in [-0.25, -0.2) is 0 Å². The highest BCUT2D eigenvalue weighted by Crippen LogP contribution is 2.16. The molecule has 0 saturated carbocycles. The van der Waals surface area contributed by atoms with E-state index in [1.807, 2.05) is 24.3 Å². The van der Waals surface area contributed by atoms with Gasteiger partial charge < -0.3 is 11.6 Å². The molecule has 0 radical (unpaired) electrons. The zero-order chi connectivity index (χ0) is 9.68. The SMILES string of the molecule is N/N=C(\N)CCc1ccccc1Cl. The third kappa shape index (κ3) is 2.95. The molecule has 4 N–H and O–H groups in total. The summed E-state index contributed by atoms with van der Waals surface area (Å²) in [7, 11) is 0. The molecule has 0 bridgehead atoms. The third-order valence-electron chi connectivity index (χ3n) is 1.77. The summed E-state index contributed by atoms with van der Waals surface area (Å²) in [4.78, 5) is 0. The van der Waals surface area contributed by atoms with Gasteiger partial charge in [-0.05, 0) is 18.1 Å². The molecule has 0 aliphatic rings. The maximum absolute atomic E-state index is 5.94. The lowest BCUT2D eigenvalue weighted by Crippen LogP contribution is -2.14. The van der Waals surface area contributed by atoms with E-state index < -0.39 is 0 Å². The Bertz CT molecular complexity index is 309. The molecule has 4 heteroatoms. The number of halogens is 1. The number of hydrazone groups is 1. The van der Waals surface area contributed by atoms with Gasteiger partial charge >= 0.3 is 0 Å². The van der Waals surface area contributed by atoms with Crippen LogP contribution in [0.2, 0.25) is 5.02 Å². The maximum Gasteiger partial charge on any atom is 0.119 e. The molecule has 1 aromatic rings. The van der Waals surface area contributed by atoms with E-state index in [4.69, 9.17) is 23.2 Å². The third-order valence-corrected chi connectivity index (χ3v) is 2.14. The molecule has 0 fully saturated rings. The molecule has 1 aromatic carbocycles. The van der Waals surface area contributed by atoms with Gasteiger partial charge in [0.05, 0.1) is 0 Å². The van der Waals surface area contributed by atoms with Gasteiger partial charge in [0.25, 0.3) is 0 Å². The van der Waals surface area contributed by atoms with Crippen molar-refractivity contribution in [1.29, 1.82) is 0 Å². The second-order valence-corrected chi connectivity index (χ2v) is 3.12. The average Bonchev–Trinajstić information content (AvgIpc) is 2.16. The highest BCUT2D eigenvalue weighted by molar-refractivity contribution is 6.31. The first-order chi connectivity index (χ1) is 6.24. The Kier molecular flexibility index (Phi) is 3.58.